The minimum atomic E-state index is -0.741. The van der Waals surface area contributed by atoms with Gasteiger partial charge >= 0.3 is 5.97 Å². The average molecular weight is 387 g/mol. The van der Waals surface area contributed by atoms with Gasteiger partial charge < -0.3 is 15.5 Å². The number of rotatable bonds is 7. The fourth-order valence-corrected chi connectivity index (χ4v) is 4.09. The number of para-hydroxylation sites is 1. The van der Waals surface area contributed by atoms with Crippen LogP contribution in [0.1, 0.15) is 43.7 Å². The van der Waals surface area contributed by atoms with Gasteiger partial charge in [0.2, 0.25) is 5.91 Å². The molecule has 0 radical (unpaired) electrons. The Bertz CT molecular complexity index is 721. The zero-order valence-electron chi connectivity index (χ0n) is 16.0. The van der Waals surface area contributed by atoms with Crippen molar-refractivity contribution >= 4 is 11.9 Å². The van der Waals surface area contributed by atoms with Crippen molar-refractivity contribution in [2.45, 2.75) is 38.1 Å². The molecule has 1 aromatic rings. The maximum absolute atomic E-state index is 12.3. The molecule has 2 aliphatic rings. The third-order valence-corrected chi connectivity index (χ3v) is 5.63. The Morgan fingerprint density at radius 2 is 2.00 bits per heavy atom. The van der Waals surface area contributed by atoms with Gasteiger partial charge in [-0.15, -0.1) is 0 Å². The average Bonchev–Trinajstić information content (AvgIpc) is 2.69. The largest absolute Gasteiger partial charge is 0.508 e. The van der Waals surface area contributed by atoms with Crippen LogP contribution in [-0.2, 0) is 9.59 Å². The van der Waals surface area contributed by atoms with Crippen molar-refractivity contribution in [1.29, 1.82) is 0 Å². The number of hydrazine groups is 1. The first-order valence-electron chi connectivity index (χ1n) is 9.98. The molecule has 1 saturated heterocycles. The van der Waals surface area contributed by atoms with Crippen molar-refractivity contribution in [2.24, 2.45) is 11.8 Å². The van der Waals surface area contributed by atoms with E-state index in [1.54, 1.807) is 12.1 Å². The molecular weight excluding hydrogens is 358 g/mol. The maximum atomic E-state index is 12.3. The lowest BCUT2D eigenvalue weighted by molar-refractivity contribution is -0.143. The van der Waals surface area contributed by atoms with E-state index in [-0.39, 0.29) is 29.5 Å². The van der Waals surface area contributed by atoms with Gasteiger partial charge in [-0.25, -0.2) is 5.01 Å². The highest BCUT2D eigenvalue weighted by atomic mass is 16.4. The van der Waals surface area contributed by atoms with Crippen LogP contribution < -0.4 is 10.7 Å². The molecule has 3 atom stereocenters. The number of nitrogens with one attached hydrogen (secondary N) is 2. The van der Waals surface area contributed by atoms with Crippen molar-refractivity contribution in [3.8, 4) is 5.75 Å². The summed E-state index contributed by atoms with van der Waals surface area (Å²) in [5.41, 5.74) is 3.78. The van der Waals surface area contributed by atoms with Crippen molar-refractivity contribution in [1.82, 2.24) is 15.8 Å². The SMILES string of the molecule is O=C(CCCC1CC=CCC1C(=O)O)NN1CCNC(c2ccccc2O)C1. The lowest BCUT2D eigenvalue weighted by atomic mass is 9.80. The molecule has 7 heteroatoms. The molecule has 1 heterocycles. The molecule has 1 aromatic carbocycles. The van der Waals surface area contributed by atoms with Gasteiger partial charge in [-0.1, -0.05) is 30.4 Å². The number of phenolic OH excluding ortho intramolecular Hbond substituents is 1. The smallest absolute Gasteiger partial charge is 0.307 e. The first-order chi connectivity index (χ1) is 13.5. The normalized spacial score (nSPS) is 25.4. The molecule has 3 rings (SSSR count). The molecule has 7 nitrogen and oxygen atoms in total. The van der Waals surface area contributed by atoms with E-state index in [1.165, 1.54) is 0 Å². The molecule has 1 amide bonds. The molecule has 0 saturated carbocycles. The maximum Gasteiger partial charge on any atom is 0.307 e. The number of hydrogen-bond acceptors (Lipinski definition) is 5. The second-order valence-corrected chi connectivity index (χ2v) is 7.59. The van der Waals surface area contributed by atoms with Gasteiger partial charge in [0, 0.05) is 31.6 Å². The van der Waals surface area contributed by atoms with E-state index < -0.39 is 5.97 Å². The van der Waals surface area contributed by atoms with Crippen LogP contribution in [0.3, 0.4) is 0 Å². The Hall–Kier alpha value is -2.38. The number of carbonyl (C=O) groups excluding carboxylic acids is 1. The summed E-state index contributed by atoms with van der Waals surface area (Å²) in [6.45, 7) is 2.00. The predicted molar refractivity (Wildman–Crippen MR) is 105 cm³/mol. The summed E-state index contributed by atoms with van der Waals surface area (Å²) in [6.07, 6.45) is 7.16. The van der Waals surface area contributed by atoms with E-state index in [2.05, 4.69) is 10.7 Å². The number of phenols is 1. The van der Waals surface area contributed by atoms with E-state index in [0.717, 1.165) is 18.4 Å². The van der Waals surface area contributed by atoms with Crippen LogP contribution in [0.4, 0.5) is 0 Å². The van der Waals surface area contributed by atoms with Gasteiger partial charge in [0.05, 0.1) is 12.0 Å². The number of aromatic hydroxyl groups is 1. The minimum absolute atomic E-state index is 0.0411. The Balaban J connectivity index is 1.44. The van der Waals surface area contributed by atoms with E-state index >= 15 is 0 Å². The van der Waals surface area contributed by atoms with Gasteiger partial charge in [0.25, 0.3) is 0 Å². The monoisotopic (exact) mass is 387 g/mol. The molecule has 0 aromatic heterocycles. The molecule has 0 spiro atoms. The molecule has 4 N–H and O–H groups in total. The highest BCUT2D eigenvalue weighted by Gasteiger charge is 2.28. The number of carboxylic acid groups (broad SMARTS) is 1. The molecule has 0 bridgehead atoms. The second-order valence-electron chi connectivity index (χ2n) is 7.59. The molecule has 1 aliphatic carbocycles. The van der Waals surface area contributed by atoms with Crippen LogP contribution in [0.2, 0.25) is 0 Å². The number of hydrogen-bond donors (Lipinski definition) is 4. The predicted octanol–water partition coefficient (Wildman–Crippen LogP) is 2.21. The van der Waals surface area contributed by atoms with Crippen molar-refractivity contribution in [3.63, 3.8) is 0 Å². The van der Waals surface area contributed by atoms with Crippen LogP contribution in [0, 0.1) is 11.8 Å². The Morgan fingerprint density at radius 1 is 1.21 bits per heavy atom. The molecular formula is C21H29N3O4. The Labute approximate surface area is 165 Å². The fraction of sp³-hybridized carbons (Fsp3) is 0.524. The van der Waals surface area contributed by atoms with Crippen LogP contribution in [0.25, 0.3) is 0 Å². The molecule has 3 unspecified atom stereocenters. The second kappa shape index (κ2) is 9.71. The standard InChI is InChI=1S/C21H29N3O4/c25-19-10-4-3-9-17(19)18-14-24(13-12-22-18)23-20(26)11-5-7-15-6-1-2-8-16(15)21(27)28/h1-4,9-10,15-16,18,22,25H,5-8,11-14H2,(H,23,26)(H,27,28). The summed E-state index contributed by atoms with van der Waals surface area (Å²) < 4.78 is 0. The Kier molecular flexibility index (Phi) is 7.06. The van der Waals surface area contributed by atoms with Crippen molar-refractivity contribution in [2.75, 3.05) is 19.6 Å². The van der Waals surface area contributed by atoms with Crippen LogP contribution >= 0.6 is 0 Å². The molecule has 28 heavy (non-hydrogen) atoms. The lowest BCUT2D eigenvalue weighted by Crippen LogP contribution is -2.53. The molecule has 1 fully saturated rings. The first-order valence-corrected chi connectivity index (χ1v) is 9.98. The summed E-state index contributed by atoms with van der Waals surface area (Å²) in [5, 5.41) is 24.6. The summed E-state index contributed by atoms with van der Waals surface area (Å²) in [5.74, 6) is -0.755. The highest BCUT2D eigenvalue weighted by molar-refractivity contribution is 5.75. The first kappa shape index (κ1) is 20.4. The number of nitrogens with zero attached hydrogens (tertiary/aromatic N) is 1. The van der Waals surface area contributed by atoms with Crippen molar-refractivity contribution in [3.05, 3.63) is 42.0 Å². The molecule has 1 aliphatic heterocycles. The van der Waals surface area contributed by atoms with E-state index in [0.29, 0.717) is 38.9 Å². The van der Waals surface area contributed by atoms with Gasteiger partial charge in [-0.3, -0.25) is 15.0 Å². The number of piperazine rings is 1. The quantitative estimate of drug-likeness (QED) is 0.535. The zero-order chi connectivity index (χ0) is 19.9. The number of amides is 1. The Morgan fingerprint density at radius 3 is 2.79 bits per heavy atom. The number of allylic oxidation sites excluding steroid dienone is 2. The minimum Gasteiger partial charge on any atom is -0.508 e. The third-order valence-electron chi connectivity index (χ3n) is 5.63. The van der Waals surface area contributed by atoms with Crippen molar-refractivity contribution < 1.29 is 19.8 Å². The summed E-state index contributed by atoms with van der Waals surface area (Å²) in [7, 11) is 0. The van der Waals surface area contributed by atoms with Gasteiger partial charge in [0.1, 0.15) is 5.75 Å². The number of carbonyl (C=O) groups is 2. The van der Waals surface area contributed by atoms with E-state index in [1.807, 2.05) is 29.3 Å². The van der Waals surface area contributed by atoms with Crippen LogP contribution in [0.15, 0.2) is 36.4 Å². The topological polar surface area (TPSA) is 102 Å². The summed E-state index contributed by atoms with van der Waals surface area (Å²) in [4.78, 5) is 23.7. The lowest BCUT2D eigenvalue weighted by Gasteiger charge is -2.34. The van der Waals surface area contributed by atoms with Crippen LogP contribution in [-0.4, -0.2) is 46.7 Å². The summed E-state index contributed by atoms with van der Waals surface area (Å²) in [6, 6.07) is 7.19. The van der Waals surface area contributed by atoms with Gasteiger partial charge in [0.15, 0.2) is 0 Å². The van der Waals surface area contributed by atoms with Crippen LogP contribution in [0.5, 0.6) is 5.75 Å². The highest BCUT2D eigenvalue weighted by Crippen LogP contribution is 2.30. The third kappa shape index (κ3) is 5.33. The van der Waals surface area contributed by atoms with E-state index in [4.69, 9.17) is 0 Å². The molecule has 152 valence electrons. The number of carboxylic acids is 1. The van der Waals surface area contributed by atoms with Gasteiger partial charge in [-0.2, -0.15) is 0 Å². The number of benzene rings is 1. The zero-order valence-corrected chi connectivity index (χ0v) is 16.0. The number of aliphatic carboxylic acids is 1. The fourth-order valence-electron chi connectivity index (χ4n) is 4.09. The summed E-state index contributed by atoms with van der Waals surface area (Å²) >= 11 is 0. The van der Waals surface area contributed by atoms with Gasteiger partial charge in [-0.05, 0) is 37.7 Å². The van der Waals surface area contributed by atoms with E-state index in [9.17, 15) is 19.8 Å².